The van der Waals surface area contributed by atoms with Crippen LogP contribution in [-0.2, 0) is 0 Å². The summed E-state index contributed by atoms with van der Waals surface area (Å²) in [6.07, 6.45) is 0. The van der Waals surface area contributed by atoms with Crippen LogP contribution in [0.2, 0.25) is 8.67 Å². The van der Waals surface area contributed by atoms with Gasteiger partial charge in [0, 0.05) is 5.56 Å². The molecule has 1 aromatic heterocycles. The maximum atomic E-state index is 8.57. The van der Waals surface area contributed by atoms with Gasteiger partial charge in [-0.05, 0) is 13.0 Å². The highest BCUT2D eigenvalue weighted by atomic mass is 35.5. The molecule has 0 N–H and O–H groups in total. The van der Waals surface area contributed by atoms with Gasteiger partial charge in [0.25, 0.3) is 0 Å². The smallest absolute Gasteiger partial charge is 0.0989 e. The van der Waals surface area contributed by atoms with Crippen molar-refractivity contribution in [2.75, 3.05) is 0 Å². The Hall–Kier alpha value is -0.230. The average Bonchev–Trinajstić information content (AvgIpc) is 2.28. The number of nitriles is 1. The van der Waals surface area contributed by atoms with Crippen LogP contribution >= 0.6 is 34.5 Å². The van der Waals surface area contributed by atoms with Gasteiger partial charge in [0.1, 0.15) is 0 Å². The summed E-state index contributed by atoms with van der Waals surface area (Å²) in [6, 6.07) is 3.84. The lowest BCUT2D eigenvalue weighted by molar-refractivity contribution is 0.990. The van der Waals surface area contributed by atoms with Crippen molar-refractivity contribution in [2.45, 2.75) is 12.8 Å². The van der Waals surface area contributed by atoms with Gasteiger partial charge in [-0.15, -0.1) is 11.3 Å². The molecule has 4 heteroatoms. The van der Waals surface area contributed by atoms with Crippen LogP contribution in [0.4, 0.5) is 0 Å². The summed E-state index contributed by atoms with van der Waals surface area (Å²) in [4.78, 5) is 0. The number of nitrogens with zero attached hydrogens (tertiary/aromatic N) is 1. The fourth-order valence-electron chi connectivity index (χ4n) is 0.718. The molecule has 1 atom stereocenters. The Bertz CT molecular complexity index is 300. The molecule has 0 aliphatic rings. The summed E-state index contributed by atoms with van der Waals surface area (Å²) >= 11 is 12.8. The molecule has 58 valence electrons. The Morgan fingerprint density at radius 2 is 2.27 bits per heavy atom. The molecule has 1 heterocycles. The minimum absolute atomic E-state index is 0.175. The third kappa shape index (κ3) is 1.87. The van der Waals surface area contributed by atoms with Crippen molar-refractivity contribution in [3.63, 3.8) is 0 Å². The van der Waals surface area contributed by atoms with E-state index in [0.717, 1.165) is 5.56 Å². The topological polar surface area (TPSA) is 23.8 Å². The second-order valence-electron chi connectivity index (χ2n) is 2.13. The Morgan fingerprint density at radius 1 is 1.64 bits per heavy atom. The van der Waals surface area contributed by atoms with Crippen LogP contribution in [0.3, 0.4) is 0 Å². The molecule has 0 aliphatic heterocycles. The Morgan fingerprint density at radius 3 is 2.64 bits per heavy atom. The van der Waals surface area contributed by atoms with Crippen molar-refractivity contribution in [2.24, 2.45) is 0 Å². The summed E-state index contributed by atoms with van der Waals surface area (Å²) in [5.74, 6) is -0.175. The molecule has 0 radical (unpaired) electrons. The maximum absolute atomic E-state index is 8.57. The first-order chi connectivity index (χ1) is 5.15. The number of rotatable bonds is 1. The molecule has 0 aliphatic carbocycles. The van der Waals surface area contributed by atoms with Crippen molar-refractivity contribution >= 4 is 34.5 Å². The van der Waals surface area contributed by atoms with Crippen LogP contribution in [0, 0.1) is 11.3 Å². The summed E-state index contributed by atoms with van der Waals surface area (Å²) in [5.41, 5.74) is 0.823. The summed E-state index contributed by atoms with van der Waals surface area (Å²) in [7, 11) is 0. The van der Waals surface area contributed by atoms with E-state index in [-0.39, 0.29) is 5.92 Å². The second-order valence-corrected chi connectivity index (χ2v) is 4.42. The lowest BCUT2D eigenvalue weighted by Gasteiger charge is -1.96. The Kier molecular flexibility index (Phi) is 2.78. The van der Waals surface area contributed by atoms with Crippen molar-refractivity contribution in [3.8, 4) is 6.07 Å². The predicted octanol–water partition coefficient (Wildman–Crippen LogP) is 3.68. The lowest BCUT2D eigenvalue weighted by Crippen LogP contribution is -1.85. The minimum atomic E-state index is -0.175. The van der Waals surface area contributed by atoms with Crippen molar-refractivity contribution in [1.82, 2.24) is 0 Å². The van der Waals surface area contributed by atoms with Gasteiger partial charge in [-0.3, -0.25) is 0 Å². The molecule has 1 unspecified atom stereocenters. The molecule has 0 amide bonds. The normalized spacial score (nSPS) is 12.5. The highest BCUT2D eigenvalue weighted by molar-refractivity contribution is 7.20. The van der Waals surface area contributed by atoms with E-state index in [1.165, 1.54) is 11.3 Å². The number of thiophene rings is 1. The quantitative estimate of drug-likeness (QED) is 0.687. The zero-order valence-electron chi connectivity index (χ0n) is 5.77. The largest absolute Gasteiger partial charge is 0.198 e. The monoisotopic (exact) mass is 205 g/mol. The van der Waals surface area contributed by atoms with E-state index in [4.69, 9.17) is 28.5 Å². The van der Waals surface area contributed by atoms with Gasteiger partial charge in [-0.25, -0.2) is 0 Å². The first-order valence-electron chi connectivity index (χ1n) is 2.99. The third-order valence-corrected chi connectivity index (χ3v) is 2.86. The number of halogens is 2. The van der Waals surface area contributed by atoms with Gasteiger partial charge in [-0.2, -0.15) is 5.26 Å². The van der Waals surface area contributed by atoms with Gasteiger partial charge < -0.3 is 0 Å². The lowest BCUT2D eigenvalue weighted by atomic mass is 10.1. The molecule has 0 saturated carbocycles. The van der Waals surface area contributed by atoms with Crippen LogP contribution in [0.25, 0.3) is 0 Å². The summed E-state index contributed by atoms with van der Waals surface area (Å²) in [6.45, 7) is 1.80. The third-order valence-electron chi connectivity index (χ3n) is 1.34. The minimum Gasteiger partial charge on any atom is -0.198 e. The first-order valence-corrected chi connectivity index (χ1v) is 4.56. The molecule has 1 rings (SSSR count). The molecule has 0 bridgehead atoms. The van der Waals surface area contributed by atoms with E-state index >= 15 is 0 Å². The van der Waals surface area contributed by atoms with Crippen LogP contribution in [-0.4, -0.2) is 0 Å². The fraction of sp³-hybridized carbons (Fsp3) is 0.286. The molecule has 0 aromatic carbocycles. The molecule has 11 heavy (non-hydrogen) atoms. The predicted molar refractivity (Wildman–Crippen MR) is 48.4 cm³/mol. The zero-order chi connectivity index (χ0) is 8.43. The zero-order valence-corrected chi connectivity index (χ0v) is 8.09. The van der Waals surface area contributed by atoms with E-state index in [1.54, 1.807) is 13.0 Å². The van der Waals surface area contributed by atoms with Gasteiger partial charge in [-0.1, -0.05) is 23.2 Å². The van der Waals surface area contributed by atoms with E-state index < -0.39 is 0 Å². The number of hydrogen-bond acceptors (Lipinski definition) is 2. The molecule has 1 aromatic rings. The van der Waals surface area contributed by atoms with E-state index in [0.29, 0.717) is 8.67 Å². The van der Waals surface area contributed by atoms with Crippen LogP contribution in [0.5, 0.6) is 0 Å². The highest BCUT2D eigenvalue weighted by Gasteiger charge is 2.11. The van der Waals surface area contributed by atoms with E-state index in [1.807, 2.05) is 0 Å². The van der Waals surface area contributed by atoms with Crippen molar-refractivity contribution in [1.29, 1.82) is 5.26 Å². The molecule has 0 fully saturated rings. The van der Waals surface area contributed by atoms with E-state index in [2.05, 4.69) is 6.07 Å². The SMILES string of the molecule is CC(C#N)c1cc(Cl)sc1Cl. The van der Waals surface area contributed by atoms with Crippen molar-refractivity contribution in [3.05, 3.63) is 20.3 Å². The molecule has 0 spiro atoms. The van der Waals surface area contributed by atoms with Crippen LogP contribution in [0.1, 0.15) is 18.4 Å². The van der Waals surface area contributed by atoms with Gasteiger partial charge in [0.2, 0.25) is 0 Å². The summed E-state index contributed by atoms with van der Waals surface area (Å²) < 4.78 is 1.25. The van der Waals surface area contributed by atoms with Crippen LogP contribution in [0.15, 0.2) is 6.07 Å². The highest BCUT2D eigenvalue weighted by Crippen LogP contribution is 2.35. The number of hydrogen-bond donors (Lipinski definition) is 0. The summed E-state index contributed by atoms with van der Waals surface area (Å²) in [5, 5.41) is 8.57. The molecule has 0 saturated heterocycles. The molecular weight excluding hydrogens is 201 g/mol. The molecule has 1 nitrogen and oxygen atoms in total. The van der Waals surface area contributed by atoms with Crippen molar-refractivity contribution < 1.29 is 0 Å². The van der Waals surface area contributed by atoms with E-state index in [9.17, 15) is 0 Å². The van der Waals surface area contributed by atoms with Crippen LogP contribution < -0.4 is 0 Å². The maximum Gasteiger partial charge on any atom is 0.0989 e. The van der Waals surface area contributed by atoms with Gasteiger partial charge in [0.05, 0.1) is 20.7 Å². The van der Waals surface area contributed by atoms with Gasteiger partial charge in [0.15, 0.2) is 0 Å². The Labute approximate surface area is 79.2 Å². The standard InChI is InChI=1S/C7H5Cl2NS/c1-4(3-10)5-2-6(8)11-7(5)9/h2,4H,1H3. The Balaban J connectivity index is 3.05. The second kappa shape index (κ2) is 3.44. The fourth-order valence-corrected chi connectivity index (χ4v) is 2.36. The molecular formula is C7H5Cl2NS. The van der Waals surface area contributed by atoms with Gasteiger partial charge >= 0.3 is 0 Å². The first kappa shape index (κ1) is 8.86. The average molecular weight is 206 g/mol.